The molecule has 0 spiro atoms. The van der Waals surface area contributed by atoms with E-state index in [4.69, 9.17) is 14.3 Å². The summed E-state index contributed by atoms with van der Waals surface area (Å²) in [4.78, 5) is 43.5. The third-order valence-corrected chi connectivity index (χ3v) is 5.62. The normalized spacial score (nSPS) is 19.5. The molecule has 1 aromatic carbocycles. The lowest BCUT2D eigenvalue weighted by Crippen LogP contribution is -2.61. The van der Waals surface area contributed by atoms with Crippen LogP contribution < -0.4 is 0 Å². The lowest BCUT2D eigenvalue weighted by molar-refractivity contribution is -0.176. The van der Waals surface area contributed by atoms with Gasteiger partial charge >= 0.3 is 17.8 Å². The van der Waals surface area contributed by atoms with Crippen molar-refractivity contribution in [3.63, 3.8) is 0 Å². The Morgan fingerprint density at radius 2 is 1.53 bits per heavy atom. The van der Waals surface area contributed by atoms with E-state index in [1.165, 1.54) is 14.0 Å². The van der Waals surface area contributed by atoms with Gasteiger partial charge in [0, 0.05) is 12.6 Å². The number of halogens is 3. The second-order valence-electron chi connectivity index (χ2n) is 9.92. The van der Waals surface area contributed by atoms with Crippen molar-refractivity contribution >= 4 is 35.0 Å². The first-order valence-electron chi connectivity index (χ1n) is 10.6. The molecule has 1 heterocycles. The van der Waals surface area contributed by atoms with Gasteiger partial charge in [0.05, 0.1) is 11.2 Å². The van der Waals surface area contributed by atoms with Gasteiger partial charge in [-0.25, -0.2) is 14.6 Å². The zero-order chi connectivity index (χ0) is 27.9. The number of nitrogens with zero attached hydrogens (tertiary/aromatic N) is 3. The first-order chi connectivity index (χ1) is 16.2. The number of ether oxygens (including phenoxy) is 2. The average Bonchev–Trinajstić information content (AvgIpc) is 2.93. The standard InChI is InChI=1S/C22H28F3N3O7S/c1-19(2,3)33-17(30)28(35-18(31)34-20(4,5)6)21(7)15(26-27(8)16(21)29)13-9-11-14(12-10-13)36(32)22(23,24)25/h9-12H,1-8H3. The highest BCUT2D eigenvalue weighted by Gasteiger charge is 2.57. The van der Waals surface area contributed by atoms with Crippen molar-refractivity contribution in [3.8, 4) is 0 Å². The maximum atomic E-state index is 13.2. The fourth-order valence-electron chi connectivity index (χ4n) is 3.06. The summed E-state index contributed by atoms with van der Waals surface area (Å²) in [7, 11) is 1.28. The van der Waals surface area contributed by atoms with E-state index in [0.29, 0.717) is 5.06 Å². The highest BCUT2D eigenvalue weighted by atomic mass is 32.2. The number of rotatable bonds is 3. The minimum absolute atomic E-state index is 0.0967. The Morgan fingerprint density at radius 1 is 1.03 bits per heavy atom. The van der Waals surface area contributed by atoms with E-state index in [2.05, 4.69) is 5.10 Å². The van der Waals surface area contributed by atoms with E-state index in [-0.39, 0.29) is 11.3 Å². The summed E-state index contributed by atoms with van der Waals surface area (Å²) in [6, 6.07) is 4.22. The summed E-state index contributed by atoms with van der Waals surface area (Å²) in [6.45, 7) is 10.6. The van der Waals surface area contributed by atoms with E-state index >= 15 is 0 Å². The fraction of sp³-hybridized carbons (Fsp3) is 0.545. The van der Waals surface area contributed by atoms with Crippen molar-refractivity contribution in [2.45, 2.75) is 75.6 Å². The van der Waals surface area contributed by atoms with Crippen LogP contribution in [0, 0.1) is 0 Å². The molecule has 1 aromatic rings. The van der Waals surface area contributed by atoms with Crippen LogP contribution in [0.4, 0.5) is 22.8 Å². The monoisotopic (exact) mass is 535 g/mol. The molecule has 0 saturated carbocycles. The van der Waals surface area contributed by atoms with Gasteiger partial charge in [-0.2, -0.15) is 5.10 Å². The number of hydroxylamine groups is 2. The maximum Gasteiger partial charge on any atom is 0.578 e. The van der Waals surface area contributed by atoms with Crippen LogP contribution in [0.3, 0.4) is 0 Å². The van der Waals surface area contributed by atoms with Gasteiger partial charge in [-0.3, -0.25) is 9.63 Å². The molecule has 2 atom stereocenters. The summed E-state index contributed by atoms with van der Waals surface area (Å²) in [6.07, 6.45) is -2.53. The van der Waals surface area contributed by atoms with Crippen molar-refractivity contribution in [2.75, 3.05) is 7.05 Å². The maximum absolute atomic E-state index is 13.2. The van der Waals surface area contributed by atoms with Crippen molar-refractivity contribution in [2.24, 2.45) is 5.10 Å². The molecule has 0 radical (unpaired) electrons. The van der Waals surface area contributed by atoms with Crippen LogP contribution >= 0.6 is 0 Å². The van der Waals surface area contributed by atoms with Crippen molar-refractivity contribution in [3.05, 3.63) is 29.8 Å². The molecule has 0 saturated heterocycles. The zero-order valence-electron chi connectivity index (χ0n) is 21.1. The first kappa shape index (κ1) is 29.2. The summed E-state index contributed by atoms with van der Waals surface area (Å²) < 4.78 is 60.6. The lowest BCUT2D eigenvalue weighted by Gasteiger charge is -2.36. The molecule has 0 N–H and O–H groups in total. The Hall–Kier alpha value is -3.00. The molecule has 200 valence electrons. The second kappa shape index (κ2) is 9.81. The largest absolute Gasteiger partial charge is 0.604 e. The first-order valence-corrected chi connectivity index (χ1v) is 11.7. The van der Waals surface area contributed by atoms with Crippen LogP contribution in [-0.4, -0.2) is 67.8 Å². The second-order valence-corrected chi connectivity index (χ2v) is 11.4. The Labute approximate surface area is 209 Å². The van der Waals surface area contributed by atoms with Crippen LogP contribution in [0.2, 0.25) is 0 Å². The number of amides is 2. The number of carbonyl (C=O) groups is 3. The minimum Gasteiger partial charge on any atom is -0.604 e. The number of hydrogen-bond acceptors (Lipinski definition) is 8. The van der Waals surface area contributed by atoms with Crippen LogP contribution in [0.15, 0.2) is 34.3 Å². The van der Waals surface area contributed by atoms with E-state index in [0.717, 1.165) is 29.3 Å². The molecule has 0 aliphatic carbocycles. The number of carbonyl (C=O) groups excluding carboxylic acids is 3. The van der Waals surface area contributed by atoms with Crippen molar-refractivity contribution in [1.82, 2.24) is 10.1 Å². The molecule has 0 aromatic heterocycles. The van der Waals surface area contributed by atoms with Gasteiger partial charge in [-0.1, -0.05) is 0 Å². The summed E-state index contributed by atoms with van der Waals surface area (Å²) in [5.41, 5.74) is -9.18. The van der Waals surface area contributed by atoms with Gasteiger partial charge in [0.2, 0.25) is 5.54 Å². The molecule has 10 nitrogen and oxygen atoms in total. The molecule has 0 fully saturated rings. The van der Waals surface area contributed by atoms with E-state index < -0.39 is 56.5 Å². The number of benzene rings is 1. The molecular formula is C22H28F3N3O7S. The third kappa shape index (κ3) is 6.60. The van der Waals surface area contributed by atoms with Gasteiger partial charge in [0.25, 0.3) is 5.91 Å². The summed E-state index contributed by atoms with van der Waals surface area (Å²) in [5.74, 6) is -0.810. The SMILES string of the molecule is CN1N=C(c2ccc([S+]([O-])C(F)(F)F)cc2)C(C)(N(OC(=O)OC(C)(C)C)C(=O)OC(C)(C)C)C1=O. The quantitative estimate of drug-likeness (QED) is 0.320. The van der Waals surface area contributed by atoms with E-state index in [1.807, 2.05) is 0 Å². The Kier molecular flexibility index (Phi) is 7.96. The van der Waals surface area contributed by atoms with E-state index in [1.54, 1.807) is 41.5 Å². The number of likely N-dealkylation sites (N-methyl/N-ethyl adjacent to an activating group) is 1. The Balaban J connectivity index is 2.56. The third-order valence-electron chi connectivity index (χ3n) is 4.49. The van der Waals surface area contributed by atoms with Gasteiger partial charge in [-0.05, 0) is 72.7 Å². The summed E-state index contributed by atoms with van der Waals surface area (Å²) in [5, 5.41) is 5.39. The highest BCUT2D eigenvalue weighted by Crippen LogP contribution is 2.34. The lowest BCUT2D eigenvalue weighted by atomic mass is 9.90. The topological polar surface area (TPSA) is 121 Å². The Morgan fingerprint density at radius 3 is 1.97 bits per heavy atom. The number of hydrogen-bond donors (Lipinski definition) is 0. The van der Waals surface area contributed by atoms with Crippen LogP contribution in [-0.2, 0) is 30.3 Å². The van der Waals surface area contributed by atoms with Gasteiger partial charge in [0.1, 0.15) is 16.9 Å². The molecule has 2 amide bonds. The van der Waals surface area contributed by atoms with Crippen molar-refractivity contribution < 1.29 is 46.4 Å². The van der Waals surface area contributed by atoms with Gasteiger partial charge in [0.15, 0.2) is 4.90 Å². The molecule has 14 heteroatoms. The van der Waals surface area contributed by atoms with Crippen LogP contribution in [0.5, 0.6) is 0 Å². The molecule has 1 aliphatic heterocycles. The molecule has 2 rings (SSSR count). The van der Waals surface area contributed by atoms with E-state index in [9.17, 15) is 32.1 Å². The van der Waals surface area contributed by atoms with Crippen molar-refractivity contribution in [1.29, 1.82) is 0 Å². The summed E-state index contributed by atoms with van der Waals surface area (Å²) >= 11 is -3.28. The average molecular weight is 536 g/mol. The molecule has 36 heavy (non-hydrogen) atoms. The smallest absolute Gasteiger partial charge is 0.578 e. The van der Waals surface area contributed by atoms with Gasteiger partial charge in [-0.15, -0.1) is 18.2 Å². The predicted molar refractivity (Wildman–Crippen MR) is 122 cm³/mol. The molecular weight excluding hydrogens is 507 g/mol. The fourth-order valence-corrected chi connectivity index (χ4v) is 3.71. The van der Waals surface area contributed by atoms with Gasteiger partial charge < -0.3 is 14.0 Å². The molecule has 1 aliphatic rings. The highest BCUT2D eigenvalue weighted by molar-refractivity contribution is 7.92. The zero-order valence-corrected chi connectivity index (χ0v) is 21.9. The number of alkyl halides is 3. The van der Waals surface area contributed by atoms with Crippen LogP contribution in [0.1, 0.15) is 54.0 Å². The molecule has 0 bridgehead atoms. The molecule has 2 unspecified atom stereocenters. The van der Waals surface area contributed by atoms with Crippen LogP contribution in [0.25, 0.3) is 0 Å². The minimum atomic E-state index is -4.97. The number of hydrazone groups is 1. The predicted octanol–water partition coefficient (Wildman–Crippen LogP) is 4.35. The Bertz CT molecular complexity index is 1050.